The molecule has 3 N–H and O–H groups in total. The fourth-order valence-corrected chi connectivity index (χ4v) is 8.58. The van der Waals surface area contributed by atoms with Crippen molar-refractivity contribution in [1.29, 1.82) is 0 Å². The van der Waals surface area contributed by atoms with Crippen molar-refractivity contribution in [3.05, 3.63) is 79.9 Å². The van der Waals surface area contributed by atoms with E-state index < -0.39 is 85.9 Å². The summed E-state index contributed by atoms with van der Waals surface area (Å²) in [5, 5.41) is 5.21. The molecule has 16 nitrogen and oxygen atoms in total. The predicted octanol–water partition coefficient (Wildman–Crippen LogP) is 4.33. The third-order valence-electron chi connectivity index (χ3n) is 10.6. The first-order valence-electron chi connectivity index (χ1n) is 19.6. The first-order chi connectivity index (χ1) is 28.2. The van der Waals surface area contributed by atoms with Crippen molar-refractivity contribution in [2.45, 2.75) is 100 Å². The molecule has 1 saturated heterocycles. The Morgan fingerprint density at radius 3 is 2.28 bits per heavy atom. The number of nitrogens with zero attached hydrogens (tertiary/aromatic N) is 2. The molecular weight excluding hydrogens is 795 g/mol. The van der Waals surface area contributed by atoms with Crippen LogP contribution in [0.2, 0.25) is 0 Å². The predicted molar refractivity (Wildman–Crippen MR) is 221 cm³/mol. The maximum atomic E-state index is 14.9. The van der Waals surface area contributed by atoms with Crippen LogP contribution in [0.1, 0.15) is 60.3 Å². The van der Waals surface area contributed by atoms with Gasteiger partial charge in [-0.15, -0.1) is 6.58 Å². The molecular formula is C43H51N5O11S. The molecule has 17 heteroatoms. The zero-order valence-electron chi connectivity index (χ0n) is 34.5. The van der Waals surface area contributed by atoms with Crippen molar-refractivity contribution in [3.8, 4) is 22.8 Å². The lowest BCUT2D eigenvalue weighted by atomic mass is 9.96. The molecule has 60 heavy (non-hydrogen) atoms. The minimum Gasteiger partial charge on any atom is -0.497 e. The molecule has 0 bridgehead atoms. The molecule has 320 valence electrons. The van der Waals surface area contributed by atoms with E-state index in [1.807, 2.05) is 30.3 Å². The number of carbonyl (C=O) groups is 5. The quantitative estimate of drug-likeness (QED) is 0.111. The van der Waals surface area contributed by atoms with E-state index in [0.717, 1.165) is 11.6 Å². The SMILES string of the molecule is C=CC(=O)OC(C)(C)[C@H](NC(=O)OC(C)(C)C)C(=O)N1C[C@H](Oc2cc(-c3ccccc3)nc3cc(OC)ccc23)C[C@H]1C(=O)N[C@]1(C(=O)NS(=O)(=O)C2CC2)C[C@H]1C=C. The van der Waals surface area contributed by atoms with Gasteiger partial charge in [-0.2, -0.15) is 0 Å². The summed E-state index contributed by atoms with van der Waals surface area (Å²) in [6, 6.07) is 13.5. The van der Waals surface area contributed by atoms with Crippen LogP contribution in [-0.2, 0) is 38.7 Å². The normalized spacial score (nSPS) is 21.8. The molecule has 1 aromatic heterocycles. The van der Waals surface area contributed by atoms with Gasteiger partial charge in [0.2, 0.25) is 21.8 Å². The van der Waals surface area contributed by atoms with Gasteiger partial charge >= 0.3 is 12.1 Å². The van der Waals surface area contributed by atoms with E-state index in [0.29, 0.717) is 40.9 Å². The molecule has 2 heterocycles. The van der Waals surface area contributed by atoms with Crippen LogP contribution in [0.4, 0.5) is 4.79 Å². The average Bonchev–Trinajstić information content (AvgIpc) is 4.12. The number of methoxy groups -OCH3 is 1. The van der Waals surface area contributed by atoms with E-state index in [1.54, 1.807) is 45.0 Å². The fourth-order valence-electron chi connectivity index (χ4n) is 7.22. The second-order valence-electron chi connectivity index (χ2n) is 16.7. The molecule has 4 amide bonds. The van der Waals surface area contributed by atoms with Crippen LogP contribution in [0.25, 0.3) is 22.2 Å². The van der Waals surface area contributed by atoms with E-state index in [-0.39, 0.29) is 19.4 Å². The molecule has 1 aliphatic heterocycles. The number of hydrogen-bond donors (Lipinski definition) is 3. The lowest BCUT2D eigenvalue weighted by Crippen LogP contribution is -2.63. The zero-order chi connectivity index (χ0) is 43.8. The molecule has 2 aromatic carbocycles. The number of aromatic nitrogens is 1. The van der Waals surface area contributed by atoms with Gasteiger partial charge in [0.1, 0.15) is 40.4 Å². The third-order valence-corrected chi connectivity index (χ3v) is 12.4. The van der Waals surface area contributed by atoms with E-state index in [9.17, 15) is 32.4 Å². The van der Waals surface area contributed by atoms with Crippen LogP contribution in [0.3, 0.4) is 0 Å². The first-order valence-corrected chi connectivity index (χ1v) is 21.1. The number of nitrogens with one attached hydrogen (secondary N) is 3. The maximum absolute atomic E-state index is 14.9. The standard InChI is InChI=1S/C43H51N5O11S/c1-9-26-23-43(26,39(52)47-60(54,55)29-17-18-29)46-37(50)33-21-28(24-48(33)38(51)36(42(6,7)58-35(49)10-2)45-40(53)59-41(3,4)5)57-34-22-31(25-14-12-11-13-15-25)44-32-20-27(56-8)16-19-30(32)34/h9-16,19-20,22,26,28-29,33,36H,1-2,17-18,21,23-24H2,3-8H3,(H,45,53)(H,46,50)(H,47,52)/t26-,28-,33+,36-,43-/m1/s1. The van der Waals surface area contributed by atoms with Gasteiger partial charge in [-0.3, -0.25) is 19.1 Å². The van der Waals surface area contributed by atoms with E-state index >= 15 is 0 Å². The van der Waals surface area contributed by atoms with Crippen LogP contribution in [0.5, 0.6) is 11.5 Å². The molecule has 0 unspecified atom stereocenters. The van der Waals surface area contributed by atoms with E-state index in [4.69, 9.17) is 23.9 Å². The highest BCUT2D eigenvalue weighted by molar-refractivity contribution is 7.91. The Morgan fingerprint density at radius 1 is 0.983 bits per heavy atom. The number of hydrogen-bond acceptors (Lipinski definition) is 12. The number of carbonyl (C=O) groups excluding carboxylic acids is 5. The van der Waals surface area contributed by atoms with Crippen molar-refractivity contribution < 1.29 is 51.3 Å². The molecule has 3 aromatic rings. The van der Waals surface area contributed by atoms with Crippen LogP contribution in [0.15, 0.2) is 79.9 Å². The Kier molecular flexibility index (Phi) is 12.1. The molecule has 3 aliphatic rings. The number of likely N-dealkylation sites (tertiary alicyclic amines) is 1. The number of benzene rings is 2. The number of esters is 1. The van der Waals surface area contributed by atoms with Crippen LogP contribution < -0.4 is 24.8 Å². The van der Waals surface area contributed by atoms with Crippen molar-refractivity contribution in [1.82, 2.24) is 25.2 Å². The van der Waals surface area contributed by atoms with Crippen molar-refractivity contribution in [2.24, 2.45) is 5.92 Å². The van der Waals surface area contributed by atoms with Gasteiger partial charge in [0.15, 0.2) is 6.04 Å². The maximum Gasteiger partial charge on any atom is 0.408 e. The Balaban J connectivity index is 1.38. The number of rotatable bonds is 15. The minimum atomic E-state index is -3.98. The van der Waals surface area contributed by atoms with Gasteiger partial charge in [0.05, 0.1) is 30.1 Å². The number of alkyl carbamates (subject to hydrolysis) is 1. The van der Waals surface area contributed by atoms with Crippen molar-refractivity contribution in [2.75, 3.05) is 13.7 Å². The van der Waals surface area contributed by atoms with Crippen molar-refractivity contribution in [3.63, 3.8) is 0 Å². The summed E-state index contributed by atoms with van der Waals surface area (Å²) in [7, 11) is -2.44. The molecule has 3 fully saturated rings. The summed E-state index contributed by atoms with van der Waals surface area (Å²) in [4.78, 5) is 74.9. The number of sulfonamides is 1. The third kappa shape index (κ3) is 9.56. The summed E-state index contributed by atoms with van der Waals surface area (Å²) in [5.74, 6) is -3.08. The van der Waals surface area contributed by atoms with Gasteiger partial charge in [0, 0.05) is 41.5 Å². The van der Waals surface area contributed by atoms with Crippen LogP contribution >= 0.6 is 0 Å². The minimum absolute atomic E-state index is 0.0664. The van der Waals surface area contributed by atoms with Gasteiger partial charge < -0.3 is 34.5 Å². The van der Waals surface area contributed by atoms with E-state index in [1.165, 1.54) is 31.9 Å². The summed E-state index contributed by atoms with van der Waals surface area (Å²) in [5.41, 5.74) is -2.43. The number of amides is 4. The van der Waals surface area contributed by atoms with E-state index in [2.05, 4.69) is 28.5 Å². The fraction of sp³-hybridized carbons (Fsp3) is 0.442. The van der Waals surface area contributed by atoms with Crippen LogP contribution in [0, 0.1) is 5.92 Å². The lowest BCUT2D eigenvalue weighted by Gasteiger charge is -2.37. The van der Waals surface area contributed by atoms with Gasteiger partial charge in [-0.25, -0.2) is 23.0 Å². The second kappa shape index (κ2) is 16.6. The highest BCUT2D eigenvalue weighted by atomic mass is 32.2. The number of pyridine rings is 1. The molecule has 2 saturated carbocycles. The molecule has 0 spiro atoms. The van der Waals surface area contributed by atoms with Crippen molar-refractivity contribution >= 4 is 50.7 Å². The van der Waals surface area contributed by atoms with Gasteiger partial charge in [-0.1, -0.05) is 43.0 Å². The largest absolute Gasteiger partial charge is 0.497 e. The summed E-state index contributed by atoms with van der Waals surface area (Å²) in [6.45, 7) is 14.7. The summed E-state index contributed by atoms with van der Waals surface area (Å²) in [6.07, 6.45) is 1.29. The zero-order valence-corrected chi connectivity index (χ0v) is 35.3. The topological polar surface area (TPSA) is 209 Å². The Bertz CT molecular complexity index is 2320. The highest BCUT2D eigenvalue weighted by Gasteiger charge is 2.62. The molecule has 6 rings (SSSR count). The first kappa shape index (κ1) is 43.6. The number of fused-ring (bicyclic) bond motifs is 1. The molecule has 5 atom stereocenters. The molecule has 0 radical (unpaired) electrons. The number of ether oxygens (including phenoxy) is 4. The van der Waals surface area contributed by atoms with Gasteiger partial charge in [0.25, 0.3) is 5.91 Å². The summed E-state index contributed by atoms with van der Waals surface area (Å²) < 4.78 is 51.0. The Labute approximate surface area is 349 Å². The Hall–Kier alpha value is -5.97. The van der Waals surface area contributed by atoms with Gasteiger partial charge in [-0.05, 0) is 66.0 Å². The average molecular weight is 846 g/mol. The highest BCUT2D eigenvalue weighted by Crippen LogP contribution is 2.46. The Morgan fingerprint density at radius 2 is 1.68 bits per heavy atom. The smallest absolute Gasteiger partial charge is 0.408 e. The second-order valence-corrected chi connectivity index (χ2v) is 18.7. The summed E-state index contributed by atoms with van der Waals surface area (Å²) >= 11 is 0. The molecule has 2 aliphatic carbocycles. The monoisotopic (exact) mass is 845 g/mol. The van der Waals surface area contributed by atoms with Crippen LogP contribution in [-0.4, -0.2) is 102 Å². The lowest BCUT2D eigenvalue weighted by molar-refractivity contribution is -0.159.